The molecule has 1 aliphatic heterocycles. The van der Waals surface area contributed by atoms with E-state index in [1.54, 1.807) is 39.0 Å². The van der Waals surface area contributed by atoms with Crippen LogP contribution in [0.5, 0.6) is 0 Å². The van der Waals surface area contributed by atoms with Gasteiger partial charge in [-0.2, -0.15) is 0 Å². The average molecular weight is 957 g/mol. The highest BCUT2D eigenvalue weighted by molar-refractivity contribution is 5.82. The highest BCUT2D eigenvalue weighted by Crippen LogP contribution is 2.24. The van der Waals surface area contributed by atoms with E-state index in [1.807, 2.05) is 13.0 Å². The lowest BCUT2D eigenvalue weighted by atomic mass is 9.91. The third-order valence-corrected chi connectivity index (χ3v) is 13.2. The molecule has 0 spiro atoms. The Bertz CT molecular complexity index is 1350. The van der Waals surface area contributed by atoms with Gasteiger partial charge in [-0.1, -0.05) is 94.4 Å². The van der Waals surface area contributed by atoms with E-state index in [4.69, 9.17) is 4.74 Å². The van der Waals surface area contributed by atoms with Crippen LogP contribution in [0, 0.1) is 11.8 Å². The standard InChI is InChI=1S/C53H96O14/c1-37-28-30-44(58)32-45(59)33-46(60)34-47(61)35-48(62)36-51(65)39(3)49(63)26-17-24-43(57)23-16-22-42(56)21-15-20-41(55)19-12-8-6-5-7-9-14-27-52(67-53(66)31-29-37)40(4)50(64)25-13-10-11-18-38(2)54/h9,14,17,26,28-29,31,38-52,54-65H,5-8,10-13,15-16,18-25,27,30,32-36H2,1-4H3. The highest BCUT2D eigenvalue weighted by atomic mass is 16.5. The average Bonchev–Trinajstić information content (AvgIpc) is 3.24. The number of hydrogen-bond acceptors (Lipinski definition) is 14. The summed E-state index contributed by atoms with van der Waals surface area (Å²) in [7, 11) is 0. The lowest BCUT2D eigenvalue weighted by Crippen LogP contribution is -2.33. The maximum Gasteiger partial charge on any atom is 0.331 e. The van der Waals surface area contributed by atoms with Gasteiger partial charge in [0.05, 0.1) is 73.2 Å². The van der Waals surface area contributed by atoms with Crippen LogP contribution >= 0.6 is 0 Å². The van der Waals surface area contributed by atoms with E-state index in [9.17, 15) is 66.1 Å². The van der Waals surface area contributed by atoms with Crippen LogP contribution in [0.4, 0.5) is 0 Å². The Kier molecular flexibility index (Phi) is 35.5. The Morgan fingerprint density at radius 2 is 1.10 bits per heavy atom. The van der Waals surface area contributed by atoms with Gasteiger partial charge in [0.25, 0.3) is 0 Å². The first kappa shape index (κ1) is 63.0. The topological polar surface area (TPSA) is 269 Å². The quantitative estimate of drug-likeness (QED) is 0.0768. The molecule has 0 saturated carbocycles. The number of aliphatic hydroxyl groups excluding tert-OH is 12. The molecular formula is C53H96O14. The number of carbonyl (C=O) groups excluding carboxylic acids is 1. The molecule has 0 amide bonds. The molecule has 15 unspecified atom stereocenters. The lowest BCUT2D eigenvalue weighted by Gasteiger charge is -2.27. The summed E-state index contributed by atoms with van der Waals surface area (Å²) in [6.45, 7) is 7.04. The molecule has 14 heteroatoms. The Morgan fingerprint density at radius 1 is 0.567 bits per heavy atom. The van der Waals surface area contributed by atoms with Crippen LogP contribution in [0.25, 0.3) is 0 Å². The van der Waals surface area contributed by atoms with Crippen LogP contribution in [-0.2, 0) is 9.53 Å². The monoisotopic (exact) mass is 957 g/mol. The van der Waals surface area contributed by atoms with Crippen LogP contribution < -0.4 is 0 Å². The number of rotatable bonds is 8. The van der Waals surface area contributed by atoms with E-state index in [1.165, 1.54) is 12.2 Å². The summed E-state index contributed by atoms with van der Waals surface area (Å²) in [6.07, 6.45) is 14.2. The van der Waals surface area contributed by atoms with Crippen molar-refractivity contribution in [2.75, 3.05) is 0 Å². The van der Waals surface area contributed by atoms with Crippen molar-refractivity contribution in [2.45, 2.75) is 268 Å². The molecule has 12 N–H and O–H groups in total. The van der Waals surface area contributed by atoms with E-state index >= 15 is 0 Å². The molecule has 0 aromatic carbocycles. The van der Waals surface area contributed by atoms with Crippen molar-refractivity contribution < 1.29 is 70.8 Å². The summed E-state index contributed by atoms with van der Waals surface area (Å²) in [5, 5.41) is 126. The summed E-state index contributed by atoms with van der Waals surface area (Å²) in [5.74, 6) is -1.55. The van der Waals surface area contributed by atoms with Crippen molar-refractivity contribution in [3.05, 3.63) is 48.1 Å². The predicted octanol–water partition coefficient (Wildman–Crippen LogP) is 5.90. The van der Waals surface area contributed by atoms with Crippen molar-refractivity contribution in [1.29, 1.82) is 0 Å². The van der Waals surface area contributed by atoms with E-state index in [-0.39, 0.29) is 57.0 Å². The molecule has 0 saturated heterocycles. The zero-order chi connectivity index (χ0) is 50.1. The van der Waals surface area contributed by atoms with Gasteiger partial charge in [0, 0.05) is 24.3 Å². The third kappa shape index (κ3) is 33.2. The van der Waals surface area contributed by atoms with Gasteiger partial charge in [-0.3, -0.25) is 0 Å². The molecular weight excluding hydrogens is 861 g/mol. The van der Waals surface area contributed by atoms with Crippen molar-refractivity contribution in [3.8, 4) is 0 Å². The van der Waals surface area contributed by atoms with E-state index in [0.717, 1.165) is 51.4 Å². The largest absolute Gasteiger partial charge is 0.458 e. The minimum atomic E-state index is -1.14. The van der Waals surface area contributed by atoms with Crippen LogP contribution in [0.3, 0.4) is 0 Å². The van der Waals surface area contributed by atoms with Gasteiger partial charge in [-0.25, -0.2) is 4.79 Å². The highest BCUT2D eigenvalue weighted by Gasteiger charge is 2.28. The summed E-state index contributed by atoms with van der Waals surface area (Å²) < 4.78 is 5.89. The molecule has 392 valence electrons. The van der Waals surface area contributed by atoms with E-state index in [0.29, 0.717) is 69.8 Å². The van der Waals surface area contributed by atoms with Gasteiger partial charge in [0.1, 0.15) is 6.10 Å². The molecule has 0 aliphatic carbocycles. The predicted molar refractivity (Wildman–Crippen MR) is 263 cm³/mol. The van der Waals surface area contributed by atoms with Crippen molar-refractivity contribution in [3.63, 3.8) is 0 Å². The van der Waals surface area contributed by atoms with Crippen molar-refractivity contribution in [1.82, 2.24) is 0 Å². The Balaban J connectivity index is 2.95. The molecule has 1 aliphatic rings. The number of unbranched alkanes of at least 4 members (excludes halogenated alkanes) is 2. The molecule has 0 aromatic heterocycles. The molecule has 0 aromatic rings. The summed E-state index contributed by atoms with van der Waals surface area (Å²) in [6, 6.07) is 0. The number of carbonyl (C=O) groups is 1. The fraction of sp³-hybridized carbons (Fsp3) is 0.830. The molecule has 1 rings (SSSR count). The van der Waals surface area contributed by atoms with Crippen LogP contribution in [0.2, 0.25) is 0 Å². The summed E-state index contributed by atoms with van der Waals surface area (Å²) in [4.78, 5) is 13.0. The van der Waals surface area contributed by atoms with Gasteiger partial charge in [-0.05, 0) is 129 Å². The lowest BCUT2D eigenvalue weighted by molar-refractivity contribution is -0.147. The molecule has 67 heavy (non-hydrogen) atoms. The Hall–Kier alpha value is -2.05. The Labute approximate surface area is 403 Å². The van der Waals surface area contributed by atoms with Crippen LogP contribution in [0.15, 0.2) is 48.1 Å². The number of allylic oxidation sites excluding steroid dienone is 3. The van der Waals surface area contributed by atoms with Crippen molar-refractivity contribution in [2.24, 2.45) is 11.8 Å². The number of esters is 1. The zero-order valence-corrected chi connectivity index (χ0v) is 41.6. The fourth-order valence-corrected chi connectivity index (χ4v) is 8.57. The molecule has 14 nitrogen and oxygen atoms in total. The number of ether oxygens (including phenoxy) is 1. The maximum atomic E-state index is 13.0. The molecule has 0 radical (unpaired) electrons. The number of hydrogen-bond donors (Lipinski definition) is 12. The van der Waals surface area contributed by atoms with Crippen LogP contribution in [0.1, 0.15) is 188 Å². The normalized spacial score (nSPS) is 33.6. The van der Waals surface area contributed by atoms with Gasteiger partial charge in [-0.15, -0.1) is 0 Å². The van der Waals surface area contributed by atoms with Crippen molar-refractivity contribution >= 4 is 5.97 Å². The Morgan fingerprint density at radius 3 is 1.72 bits per heavy atom. The maximum absolute atomic E-state index is 13.0. The van der Waals surface area contributed by atoms with Gasteiger partial charge < -0.3 is 66.0 Å². The second kappa shape index (κ2) is 37.7. The first-order valence-electron chi connectivity index (χ1n) is 25.8. The second-order valence-corrected chi connectivity index (χ2v) is 20.0. The van der Waals surface area contributed by atoms with Crippen LogP contribution in [-0.4, -0.2) is 147 Å². The first-order chi connectivity index (χ1) is 31.8. The summed E-state index contributed by atoms with van der Waals surface area (Å²) in [5.41, 5.74) is 0.680. The van der Waals surface area contributed by atoms with E-state index in [2.05, 4.69) is 6.08 Å². The molecule has 0 fully saturated rings. The third-order valence-electron chi connectivity index (χ3n) is 13.2. The molecule has 15 atom stereocenters. The number of aliphatic hydroxyl groups is 12. The number of cyclic esters (lactones) is 1. The minimum Gasteiger partial charge on any atom is -0.458 e. The molecule has 1 heterocycles. The van der Waals surface area contributed by atoms with Gasteiger partial charge in [0.15, 0.2) is 0 Å². The van der Waals surface area contributed by atoms with Gasteiger partial charge >= 0.3 is 5.97 Å². The SMILES string of the molecule is CC1=CCC(O)CC(O)CC(O)CC(O)CC(O)CC(O)C(C)C(O)C=CCC(O)CCCC(O)CCCC(O)CCCCCCC=CCC(C(C)C(O)CCCCCC(C)O)OC(=O)C=C1. The second-order valence-electron chi connectivity index (χ2n) is 20.0. The first-order valence-corrected chi connectivity index (χ1v) is 25.8. The van der Waals surface area contributed by atoms with Gasteiger partial charge in [0.2, 0.25) is 0 Å². The fourth-order valence-electron chi connectivity index (χ4n) is 8.57. The zero-order valence-electron chi connectivity index (χ0n) is 41.6. The smallest absolute Gasteiger partial charge is 0.331 e. The van der Waals surface area contributed by atoms with E-state index < -0.39 is 85.1 Å². The minimum absolute atomic E-state index is 0.0463. The summed E-state index contributed by atoms with van der Waals surface area (Å²) >= 11 is 0. The molecule has 0 bridgehead atoms.